The lowest BCUT2D eigenvalue weighted by molar-refractivity contribution is 0.121. The van der Waals surface area contributed by atoms with Crippen molar-refractivity contribution in [2.24, 2.45) is 0 Å². The van der Waals surface area contributed by atoms with Crippen LogP contribution in [0.15, 0.2) is 0 Å². The summed E-state index contributed by atoms with van der Waals surface area (Å²) in [7, 11) is 0. The van der Waals surface area contributed by atoms with Crippen LogP contribution < -0.4 is 0 Å². The minimum Gasteiger partial charge on any atom is -0.381 e. The lowest BCUT2D eigenvalue weighted by atomic mass is 10.0. The van der Waals surface area contributed by atoms with Gasteiger partial charge in [0.2, 0.25) is 0 Å². The van der Waals surface area contributed by atoms with Crippen molar-refractivity contribution in [3.8, 4) is 0 Å². The zero-order valence-electron chi connectivity index (χ0n) is 15.1. The van der Waals surface area contributed by atoms with Gasteiger partial charge >= 0.3 is 0 Å². The van der Waals surface area contributed by atoms with E-state index in [0.717, 1.165) is 26.2 Å². The second-order valence-corrected chi connectivity index (χ2v) is 6.95. The van der Waals surface area contributed by atoms with E-state index in [1.165, 1.54) is 89.9 Å². The average Bonchev–Trinajstić information content (AvgIpc) is 3.34. The lowest BCUT2D eigenvalue weighted by Crippen LogP contribution is -2.00. The van der Waals surface area contributed by atoms with Crippen molar-refractivity contribution >= 4 is 0 Å². The molecule has 1 saturated heterocycles. The van der Waals surface area contributed by atoms with Crippen LogP contribution in [0.2, 0.25) is 0 Å². The molecule has 0 unspecified atom stereocenters. The highest BCUT2D eigenvalue weighted by molar-refractivity contribution is 4.67. The second kappa shape index (κ2) is 15.8. The van der Waals surface area contributed by atoms with Crippen LogP contribution in [-0.4, -0.2) is 25.9 Å². The van der Waals surface area contributed by atoms with Crippen LogP contribution in [0.3, 0.4) is 0 Å². The first-order valence-corrected chi connectivity index (χ1v) is 10.1. The molecule has 22 heavy (non-hydrogen) atoms. The van der Waals surface area contributed by atoms with Gasteiger partial charge in [0.05, 0.1) is 12.7 Å². The molecular weight excluding hydrogens is 272 g/mol. The third-order valence-corrected chi connectivity index (χ3v) is 4.63. The Morgan fingerprint density at radius 2 is 1.14 bits per heavy atom. The van der Waals surface area contributed by atoms with E-state index in [2.05, 4.69) is 6.92 Å². The third-order valence-electron chi connectivity index (χ3n) is 4.63. The molecule has 1 aliphatic heterocycles. The van der Waals surface area contributed by atoms with Crippen LogP contribution in [0.1, 0.15) is 103 Å². The average molecular weight is 313 g/mol. The van der Waals surface area contributed by atoms with Crippen molar-refractivity contribution in [2.75, 3.05) is 19.8 Å². The van der Waals surface area contributed by atoms with Gasteiger partial charge in [-0.05, 0) is 12.8 Å². The molecule has 0 aliphatic carbocycles. The van der Waals surface area contributed by atoms with E-state index in [4.69, 9.17) is 9.47 Å². The fraction of sp³-hybridized carbons (Fsp3) is 1.00. The first-order chi connectivity index (χ1) is 10.9. The second-order valence-electron chi connectivity index (χ2n) is 6.95. The molecule has 0 radical (unpaired) electrons. The van der Waals surface area contributed by atoms with Gasteiger partial charge in [0.15, 0.2) is 0 Å². The van der Waals surface area contributed by atoms with Gasteiger partial charge in [0.1, 0.15) is 0 Å². The van der Waals surface area contributed by atoms with E-state index < -0.39 is 0 Å². The van der Waals surface area contributed by atoms with E-state index >= 15 is 0 Å². The highest BCUT2D eigenvalue weighted by atomic mass is 16.6. The molecule has 1 aliphatic rings. The Morgan fingerprint density at radius 3 is 1.59 bits per heavy atom. The molecule has 0 aromatic rings. The molecule has 0 bridgehead atoms. The molecule has 1 atom stereocenters. The van der Waals surface area contributed by atoms with Crippen LogP contribution in [0, 0.1) is 0 Å². The normalized spacial score (nSPS) is 17.0. The molecule has 0 amide bonds. The van der Waals surface area contributed by atoms with Crippen molar-refractivity contribution in [2.45, 2.75) is 109 Å². The molecule has 0 N–H and O–H groups in total. The van der Waals surface area contributed by atoms with Gasteiger partial charge in [-0.15, -0.1) is 0 Å². The van der Waals surface area contributed by atoms with Crippen molar-refractivity contribution in [3.63, 3.8) is 0 Å². The van der Waals surface area contributed by atoms with E-state index in [9.17, 15) is 0 Å². The molecule has 0 aromatic heterocycles. The Morgan fingerprint density at radius 1 is 0.682 bits per heavy atom. The number of unbranched alkanes of at least 4 members (excludes halogenated alkanes) is 13. The zero-order chi connectivity index (χ0) is 15.7. The van der Waals surface area contributed by atoms with Crippen molar-refractivity contribution in [3.05, 3.63) is 0 Å². The maximum absolute atomic E-state index is 5.61. The summed E-state index contributed by atoms with van der Waals surface area (Å²) in [6.45, 7) is 5.09. The minimum absolute atomic E-state index is 0.524. The zero-order valence-corrected chi connectivity index (χ0v) is 15.1. The number of rotatable bonds is 18. The molecule has 0 spiro atoms. The van der Waals surface area contributed by atoms with Crippen LogP contribution >= 0.6 is 0 Å². The van der Waals surface area contributed by atoms with Crippen LogP contribution in [0.5, 0.6) is 0 Å². The molecule has 0 saturated carbocycles. The van der Waals surface area contributed by atoms with Gasteiger partial charge in [0, 0.05) is 13.2 Å². The molecule has 1 rings (SSSR count). The summed E-state index contributed by atoms with van der Waals surface area (Å²) in [5.74, 6) is 0. The SMILES string of the molecule is CCCCCCCCCCCCCCCCOCC[C@H]1CO1. The van der Waals surface area contributed by atoms with E-state index in [1.54, 1.807) is 0 Å². The Hall–Kier alpha value is -0.0800. The molecule has 2 nitrogen and oxygen atoms in total. The smallest absolute Gasteiger partial charge is 0.0831 e. The number of hydrogen-bond acceptors (Lipinski definition) is 2. The third kappa shape index (κ3) is 14.8. The highest BCUT2D eigenvalue weighted by Gasteiger charge is 2.21. The summed E-state index contributed by atoms with van der Waals surface area (Å²) in [4.78, 5) is 0. The van der Waals surface area contributed by atoms with E-state index in [0.29, 0.717) is 6.10 Å². The van der Waals surface area contributed by atoms with Gasteiger partial charge in [-0.25, -0.2) is 0 Å². The van der Waals surface area contributed by atoms with Gasteiger partial charge in [-0.1, -0.05) is 90.4 Å². The van der Waals surface area contributed by atoms with Crippen LogP contribution in [-0.2, 0) is 9.47 Å². The fourth-order valence-corrected chi connectivity index (χ4v) is 2.95. The summed E-state index contributed by atoms with van der Waals surface area (Å²) in [5.41, 5.74) is 0. The summed E-state index contributed by atoms with van der Waals surface area (Å²) >= 11 is 0. The molecule has 2 heteroatoms. The molecule has 1 fully saturated rings. The lowest BCUT2D eigenvalue weighted by Gasteiger charge is -2.04. The maximum Gasteiger partial charge on any atom is 0.0831 e. The van der Waals surface area contributed by atoms with Crippen LogP contribution in [0.4, 0.5) is 0 Å². The molecule has 0 aromatic carbocycles. The number of ether oxygens (including phenoxy) is 2. The Bertz CT molecular complexity index is 214. The Labute approximate surface area is 139 Å². The predicted octanol–water partition coefficient (Wildman–Crippen LogP) is 6.27. The molecular formula is C20H40O2. The first-order valence-electron chi connectivity index (χ1n) is 10.1. The van der Waals surface area contributed by atoms with Crippen molar-refractivity contribution in [1.82, 2.24) is 0 Å². The van der Waals surface area contributed by atoms with Gasteiger partial charge in [0.25, 0.3) is 0 Å². The van der Waals surface area contributed by atoms with Gasteiger partial charge in [-0.3, -0.25) is 0 Å². The summed E-state index contributed by atoms with van der Waals surface area (Å²) < 4.78 is 10.8. The predicted molar refractivity (Wildman–Crippen MR) is 95.5 cm³/mol. The maximum atomic E-state index is 5.61. The van der Waals surface area contributed by atoms with Crippen molar-refractivity contribution < 1.29 is 9.47 Å². The molecule has 132 valence electrons. The summed E-state index contributed by atoms with van der Waals surface area (Å²) in [6.07, 6.45) is 21.5. The van der Waals surface area contributed by atoms with Crippen molar-refractivity contribution in [1.29, 1.82) is 0 Å². The first kappa shape index (κ1) is 20.0. The quantitative estimate of drug-likeness (QED) is 0.220. The largest absolute Gasteiger partial charge is 0.381 e. The van der Waals surface area contributed by atoms with Crippen LogP contribution in [0.25, 0.3) is 0 Å². The standard InChI is InChI=1S/C20H40O2/c1-2-3-4-5-6-7-8-9-10-11-12-13-14-15-17-21-18-16-20-19-22-20/h20H,2-19H2,1H3/t20-/m0/s1. The highest BCUT2D eigenvalue weighted by Crippen LogP contribution is 2.14. The monoisotopic (exact) mass is 312 g/mol. The van der Waals surface area contributed by atoms with E-state index in [1.807, 2.05) is 0 Å². The van der Waals surface area contributed by atoms with Gasteiger partial charge in [-0.2, -0.15) is 0 Å². The fourth-order valence-electron chi connectivity index (χ4n) is 2.95. The van der Waals surface area contributed by atoms with Gasteiger partial charge < -0.3 is 9.47 Å². The summed E-state index contributed by atoms with van der Waals surface area (Å²) in [5, 5.41) is 0. The minimum atomic E-state index is 0.524. The summed E-state index contributed by atoms with van der Waals surface area (Å²) in [6, 6.07) is 0. The Balaban J connectivity index is 1.59. The molecule has 1 heterocycles. The number of epoxide rings is 1. The van der Waals surface area contributed by atoms with E-state index in [-0.39, 0.29) is 0 Å². The topological polar surface area (TPSA) is 21.8 Å². The Kier molecular flexibility index (Phi) is 14.3. The number of hydrogen-bond donors (Lipinski definition) is 0.